The number of carboxylic acid groups (broad SMARTS) is 1. The molecule has 0 rings (SSSR count). The number of hydrogen-bond acceptors (Lipinski definition) is 1. The van der Waals surface area contributed by atoms with Gasteiger partial charge in [-0.1, -0.05) is 68.2 Å². The molecule has 22 heavy (non-hydrogen) atoms. The van der Waals surface area contributed by atoms with Crippen LogP contribution in [0.4, 0.5) is 0 Å². The van der Waals surface area contributed by atoms with Gasteiger partial charge in [0.2, 0.25) is 0 Å². The van der Waals surface area contributed by atoms with Crippen molar-refractivity contribution in [1.82, 2.24) is 0 Å². The Hall–Kier alpha value is -1.57. The van der Waals surface area contributed by atoms with Crippen molar-refractivity contribution in [3.63, 3.8) is 0 Å². The molecule has 0 aromatic carbocycles. The van der Waals surface area contributed by atoms with Crippen LogP contribution in [0, 0.1) is 0 Å². The van der Waals surface area contributed by atoms with Crippen molar-refractivity contribution in [1.29, 1.82) is 0 Å². The number of aliphatic carboxylic acids is 1. The van der Waals surface area contributed by atoms with E-state index in [4.69, 9.17) is 16.1 Å². The first-order valence-electron chi connectivity index (χ1n) is 11.8. The third-order valence-corrected chi connectivity index (χ3v) is 2.63. The molecule has 0 saturated carbocycles. The zero-order chi connectivity index (χ0) is 23.3. The lowest BCUT2D eigenvalue weighted by Gasteiger charge is -1.90. The smallest absolute Gasteiger partial charge is 0.303 e. The molecule has 2 heteroatoms. The second kappa shape index (κ2) is 17.5. The summed E-state index contributed by atoms with van der Waals surface area (Å²) in [5.41, 5.74) is 0. The van der Waals surface area contributed by atoms with E-state index in [1.165, 1.54) is 0 Å². The molecule has 0 aliphatic rings. The van der Waals surface area contributed by atoms with Crippen molar-refractivity contribution in [3.05, 3.63) is 48.4 Å². The van der Waals surface area contributed by atoms with E-state index in [1.54, 1.807) is 0 Å². The lowest BCUT2D eigenvalue weighted by atomic mass is 10.2. The summed E-state index contributed by atoms with van der Waals surface area (Å²) in [5, 5.41) is 8.60. The molecular formula is C20H32O2. The minimum Gasteiger partial charge on any atom is -0.481 e. The number of rotatable bonds is 14. The van der Waals surface area contributed by atoms with Crippen molar-refractivity contribution >= 4 is 5.97 Å². The molecule has 0 spiro atoms. The zero-order valence-corrected chi connectivity index (χ0v) is 13.4. The summed E-state index contributed by atoms with van der Waals surface area (Å²) in [6, 6.07) is -0.961. The highest BCUT2D eigenvalue weighted by molar-refractivity contribution is 5.66. The Morgan fingerprint density at radius 3 is 1.73 bits per heavy atom. The molecule has 0 heterocycles. The second-order valence-electron chi connectivity index (χ2n) is 4.65. The molecule has 0 aliphatic carbocycles. The van der Waals surface area contributed by atoms with Crippen LogP contribution in [0.3, 0.4) is 0 Å². The number of unbranched alkanes of at least 4 members (excludes halogenated alkanes) is 2. The van der Waals surface area contributed by atoms with Crippen molar-refractivity contribution in [3.8, 4) is 0 Å². The molecule has 0 aliphatic heterocycles. The molecule has 124 valence electrons. The summed E-state index contributed by atoms with van der Waals surface area (Å²) in [6.07, 6.45) is 2.78. The van der Waals surface area contributed by atoms with Gasteiger partial charge in [-0.3, -0.25) is 4.79 Å². The highest BCUT2D eigenvalue weighted by Gasteiger charge is 1.92. The van der Waals surface area contributed by atoms with Gasteiger partial charge >= 0.3 is 5.97 Å². The van der Waals surface area contributed by atoms with Gasteiger partial charge in [0.15, 0.2) is 0 Å². The van der Waals surface area contributed by atoms with Crippen molar-refractivity contribution in [2.24, 2.45) is 0 Å². The van der Waals surface area contributed by atoms with Crippen LogP contribution in [-0.2, 0) is 4.79 Å². The average molecular weight is 313 g/mol. The molecule has 0 saturated heterocycles. The summed E-state index contributed by atoms with van der Waals surface area (Å²) in [7, 11) is 0. The number of allylic oxidation sites excluding steroid dienone is 8. The first-order chi connectivity index (χ1) is 14.0. The highest BCUT2D eigenvalue weighted by Crippen LogP contribution is 2.01. The topological polar surface area (TPSA) is 37.3 Å². The van der Waals surface area contributed by atoms with Crippen LogP contribution in [0.2, 0.25) is 0 Å². The van der Waals surface area contributed by atoms with Crippen LogP contribution in [0.1, 0.15) is 82.1 Å². The predicted molar refractivity (Wildman–Crippen MR) is 96.0 cm³/mol. The first kappa shape index (κ1) is 10.3. The number of carbonyl (C=O) groups is 1. The molecular weight excluding hydrogens is 272 g/mol. The standard InChI is InChI=1S/C20H32O2/c1-2-3-4-5-6-7-8-9-10-11-12-13-14-15-16-17-18-19-20(21)22/h6-7,9-10,12-13,15-16H,2-5,8,11,14,17-19H2,1H3,(H,21,22)/b7-6+,10-9+,13-12+,16-15+/i6D,7D,9D,10D,12D,13D,15D,16D. The molecule has 0 amide bonds. The van der Waals surface area contributed by atoms with Crippen molar-refractivity contribution in [2.75, 3.05) is 0 Å². The minimum atomic E-state index is -0.978. The Kier molecular flexibility index (Phi) is 8.15. The van der Waals surface area contributed by atoms with Gasteiger partial charge in [0.05, 0.1) is 11.0 Å². The predicted octanol–water partition coefficient (Wildman–Crippen LogP) is 6.22. The Morgan fingerprint density at radius 1 is 0.818 bits per heavy atom. The molecule has 0 radical (unpaired) electrons. The molecule has 0 atom stereocenters. The molecule has 0 bridgehead atoms. The quantitative estimate of drug-likeness (QED) is 0.305. The molecule has 0 aromatic heterocycles. The second-order valence-corrected chi connectivity index (χ2v) is 4.65. The van der Waals surface area contributed by atoms with Crippen molar-refractivity contribution < 1.29 is 20.9 Å². The van der Waals surface area contributed by atoms with Gasteiger partial charge in [0.25, 0.3) is 0 Å². The maximum absolute atomic E-state index is 10.5. The lowest BCUT2D eigenvalue weighted by Crippen LogP contribution is -1.92. The third kappa shape index (κ3) is 18.4. The van der Waals surface area contributed by atoms with E-state index in [-0.39, 0.29) is 86.9 Å². The van der Waals surface area contributed by atoms with Gasteiger partial charge in [-0.25, -0.2) is 0 Å². The van der Waals surface area contributed by atoms with Crippen LogP contribution in [0.5, 0.6) is 0 Å². The van der Waals surface area contributed by atoms with E-state index >= 15 is 0 Å². The van der Waals surface area contributed by atoms with Gasteiger partial charge in [-0.05, 0) is 44.9 Å². The van der Waals surface area contributed by atoms with Gasteiger partial charge in [0, 0.05) is 6.42 Å². The fourth-order valence-electron chi connectivity index (χ4n) is 1.48. The van der Waals surface area contributed by atoms with Crippen LogP contribution in [-0.4, -0.2) is 11.1 Å². The highest BCUT2D eigenvalue weighted by atomic mass is 16.4. The third-order valence-electron chi connectivity index (χ3n) is 2.63. The first-order valence-corrected chi connectivity index (χ1v) is 7.82. The van der Waals surface area contributed by atoms with E-state index < -0.39 is 5.97 Å². The van der Waals surface area contributed by atoms with Crippen molar-refractivity contribution in [2.45, 2.75) is 71.1 Å². The van der Waals surface area contributed by atoms with Gasteiger partial charge in [-0.15, -0.1) is 0 Å². The van der Waals surface area contributed by atoms with Crippen LogP contribution in [0.25, 0.3) is 0 Å². The monoisotopic (exact) mass is 312 g/mol. The molecule has 0 fully saturated rings. The Bertz CT molecular complexity index is 708. The summed E-state index contributed by atoms with van der Waals surface area (Å²) >= 11 is 0. The fourth-order valence-corrected chi connectivity index (χ4v) is 1.48. The zero-order valence-electron chi connectivity index (χ0n) is 21.4. The largest absolute Gasteiger partial charge is 0.481 e. The Labute approximate surface area is 147 Å². The van der Waals surface area contributed by atoms with Crippen LogP contribution in [0.15, 0.2) is 48.4 Å². The lowest BCUT2D eigenvalue weighted by molar-refractivity contribution is -0.137. The number of hydrogen-bond donors (Lipinski definition) is 1. The van der Waals surface area contributed by atoms with E-state index in [0.717, 1.165) is 19.3 Å². The maximum atomic E-state index is 10.5. The maximum Gasteiger partial charge on any atom is 0.303 e. The fraction of sp³-hybridized carbons (Fsp3) is 0.550. The van der Waals surface area contributed by atoms with Gasteiger partial charge < -0.3 is 5.11 Å². The normalized spacial score (nSPS) is 21.1. The van der Waals surface area contributed by atoms with E-state index in [2.05, 4.69) is 0 Å². The average Bonchev–Trinajstić information content (AvgIpc) is 2.67. The van der Waals surface area contributed by atoms with Gasteiger partial charge in [-0.2, -0.15) is 0 Å². The summed E-state index contributed by atoms with van der Waals surface area (Å²) in [6.45, 7) is 2.04. The van der Waals surface area contributed by atoms with Crippen LogP contribution >= 0.6 is 0 Å². The van der Waals surface area contributed by atoms with E-state index in [0.29, 0.717) is 6.42 Å². The molecule has 0 aromatic rings. The summed E-state index contributed by atoms with van der Waals surface area (Å²) in [4.78, 5) is 10.5. The van der Waals surface area contributed by atoms with E-state index in [1.807, 2.05) is 6.92 Å². The van der Waals surface area contributed by atoms with Gasteiger partial charge in [0.1, 0.15) is 0 Å². The molecule has 2 nitrogen and oxygen atoms in total. The van der Waals surface area contributed by atoms with Crippen LogP contribution < -0.4 is 0 Å². The Morgan fingerprint density at radius 2 is 1.27 bits per heavy atom. The minimum absolute atomic E-state index is 0.0148. The molecule has 0 unspecified atom stereocenters. The number of carboxylic acids is 1. The molecule has 1 N–H and O–H groups in total. The van der Waals surface area contributed by atoms with E-state index in [9.17, 15) is 4.79 Å². The summed E-state index contributed by atoms with van der Waals surface area (Å²) in [5.74, 6) is -0.978. The SMILES string of the molecule is [2H]/C(CCCCC)=C(/[2H])C/C([2H])=C(\[2H])C/C([2H])=C(\[2H])C/C([2H])=C(\[2H])CCCC(=O)O. The summed E-state index contributed by atoms with van der Waals surface area (Å²) < 4.78 is 63.0. The Balaban J connectivity index is 5.00.